The van der Waals surface area contributed by atoms with Gasteiger partial charge in [0.05, 0.1) is 17.6 Å². The lowest BCUT2D eigenvalue weighted by Gasteiger charge is -2.34. The highest BCUT2D eigenvalue weighted by atomic mass is 28.3. The van der Waals surface area contributed by atoms with Crippen LogP contribution >= 0.6 is 0 Å². The fourth-order valence-corrected chi connectivity index (χ4v) is 14.1. The molecule has 11 aromatic rings. The predicted molar refractivity (Wildman–Crippen MR) is 266 cm³/mol. The van der Waals surface area contributed by atoms with Gasteiger partial charge in [-0.2, -0.15) is 0 Å². The standard InChI is InChI=1S/C58H39N5Si/c1-59-44-34-37-55-52(39-44)51-32-17-18-33-54(51)63(55)45-35-36-50(53(40-45)58-61-56(41-20-7-2-8-21-41)60-57(62-58)42-22-9-3-10-23-42)43-24-19-31-49(38-43)64(46-25-11-4-12-26-46,47-27-13-5-14-28-47)48-29-15-6-16-30-48/h2-40H. The molecule has 11 rings (SSSR count). The van der Waals surface area contributed by atoms with Crippen molar-refractivity contribution in [2.24, 2.45) is 0 Å². The number of aromatic nitrogens is 4. The van der Waals surface area contributed by atoms with Gasteiger partial charge in [0.15, 0.2) is 31.2 Å². The Hall–Kier alpha value is -8.50. The van der Waals surface area contributed by atoms with Crippen LogP contribution in [0.5, 0.6) is 0 Å². The predicted octanol–water partition coefficient (Wildman–Crippen LogP) is 11.6. The number of hydrogen-bond acceptors (Lipinski definition) is 3. The van der Waals surface area contributed by atoms with Crippen LogP contribution in [-0.4, -0.2) is 27.6 Å². The van der Waals surface area contributed by atoms with E-state index in [1.165, 1.54) is 20.7 Å². The summed E-state index contributed by atoms with van der Waals surface area (Å²) in [5.74, 6) is 1.77. The van der Waals surface area contributed by atoms with Crippen molar-refractivity contribution in [2.45, 2.75) is 0 Å². The zero-order valence-electron chi connectivity index (χ0n) is 34.8. The zero-order chi connectivity index (χ0) is 42.9. The van der Waals surface area contributed by atoms with E-state index in [2.05, 4.69) is 173 Å². The summed E-state index contributed by atoms with van der Waals surface area (Å²) >= 11 is 0. The summed E-state index contributed by atoms with van der Waals surface area (Å²) in [6, 6.07) is 83.5. The molecule has 300 valence electrons. The molecule has 0 saturated heterocycles. The van der Waals surface area contributed by atoms with Crippen LogP contribution in [0.2, 0.25) is 0 Å². The number of para-hydroxylation sites is 1. The number of rotatable bonds is 9. The Morgan fingerprint density at radius 1 is 0.359 bits per heavy atom. The molecule has 0 N–H and O–H groups in total. The number of hydrogen-bond donors (Lipinski definition) is 0. The second kappa shape index (κ2) is 16.4. The van der Waals surface area contributed by atoms with Crippen molar-refractivity contribution in [3.63, 3.8) is 0 Å². The van der Waals surface area contributed by atoms with Crippen molar-refractivity contribution in [1.82, 2.24) is 19.5 Å². The van der Waals surface area contributed by atoms with Gasteiger partial charge in [0, 0.05) is 27.8 Å². The molecule has 0 atom stereocenters. The molecule has 2 aromatic heterocycles. The molecular weight excluding hydrogens is 795 g/mol. The van der Waals surface area contributed by atoms with E-state index < -0.39 is 8.07 Å². The van der Waals surface area contributed by atoms with Gasteiger partial charge in [-0.3, -0.25) is 0 Å². The Morgan fingerprint density at radius 2 is 0.844 bits per heavy atom. The van der Waals surface area contributed by atoms with Gasteiger partial charge in [-0.25, -0.2) is 19.8 Å². The minimum Gasteiger partial charge on any atom is -0.309 e. The molecule has 0 aliphatic heterocycles. The van der Waals surface area contributed by atoms with E-state index in [4.69, 9.17) is 21.5 Å². The lowest BCUT2D eigenvalue weighted by molar-refractivity contribution is 1.07. The average molecular weight is 834 g/mol. The quantitative estimate of drug-likeness (QED) is 0.0827. The Balaban J connectivity index is 1.20. The monoisotopic (exact) mass is 833 g/mol. The molecule has 0 fully saturated rings. The minimum atomic E-state index is -2.86. The van der Waals surface area contributed by atoms with Gasteiger partial charge in [-0.15, -0.1) is 0 Å². The third kappa shape index (κ3) is 6.69. The number of benzene rings is 9. The molecule has 0 unspecified atom stereocenters. The van der Waals surface area contributed by atoms with Gasteiger partial charge in [0.1, 0.15) is 0 Å². The summed E-state index contributed by atoms with van der Waals surface area (Å²) in [4.78, 5) is 19.5. The summed E-state index contributed by atoms with van der Waals surface area (Å²) in [7, 11) is -2.86. The van der Waals surface area contributed by atoms with Gasteiger partial charge in [-0.05, 0) is 67.6 Å². The van der Waals surface area contributed by atoms with E-state index in [9.17, 15) is 0 Å². The first-order valence-electron chi connectivity index (χ1n) is 21.4. The number of fused-ring (bicyclic) bond motifs is 3. The summed E-state index contributed by atoms with van der Waals surface area (Å²) < 4.78 is 2.29. The molecule has 9 aromatic carbocycles. The topological polar surface area (TPSA) is 48.0 Å². The highest BCUT2D eigenvalue weighted by Crippen LogP contribution is 2.38. The molecule has 0 aliphatic rings. The van der Waals surface area contributed by atoms with E-state index >= 15 is 0 Å². The Kier molecular flexibility index (Phi) is 9.85. The first kappa shape index (κ1) is 38.4. The summed E-state index contributed by atoms with van der Waals surface area (Å²) in [6.45, 7) is 7.79. The third-order valence-corrected chi connectivity index (χ3v) is 17.0. The maximum atomic E-state index is 7.79. The van der Waals surface area contributed by atoms with Gasteiger partial charge in [-0.1, -0.05) is 206 Å². The van der Waals surface area contributed by atoms with E-state index in [0.717, 1.165) is 55.3 Å². The Labute approximate surface area is 373 Å². The first-order chi connectivity index (χ1) is 31.7. The molecule has 0 bridgehead atoms. The molecule has 0 aliphatic carbocycles. The van der Waals surface area contributed by atoms with Crippen LogP contribution < -0.4 is 20.7 Å². The lowest BCUT2D eigenvalue weighted by atomic mass is 9.98. The molecule has 0 radical (unpaired) electrons. The average Bonchev–Trinajstić information content (AvgIpc) is 3.71. The highest BCUT2D eigenvalue weighted by Gasteiger charge is 2.41. The van der Waals surface area contributed by atoms with Crippen molar-refractivity contribution in [3.05, 3.63) is 248 Å². The van der Waals surface area contributed by atoms with Crippen LogP contribution in [0, 0.1) is 6.57 Å². The maximum Gasteiger partial charge on any atom is 0.188 e. The summed E-state index contributed by atoms with van der Waals surface area (Å²) in [5.41, 5.74) is 8.39. The number of nitrogens with zero attached hydrogens (tertiary/aromatic N) is 5. The fraction of sp³-hybridized carbons (Fsp3) is 0. The molecule has 0 spiro atoms. The maximum absolute atomic E-state index is 7.79. The second-order valence-corrected chi connectivity index (χ2v) is 19.7. The molecule has 2 heterocycles. The van der Waals surface area contributed by atoms with Gasteiger partial charge >= 0.3 is 0 Å². The molecule has 0 saturated carbocycles. The van der Waals surface area contributed by atoms with E-state index in [1.54, 1.807) is 0 Å². The Bertz CT molecular complexity index is 3340. The Morgan fingerprint density at radius 3 is 1.42 bits per heavy atom. The van der Waals surface area contributed by atoms with Crippen LogP contribution in [-0.2, 0) is 0 Å². The SMILES string of the molecule is [C-]#[N+]c1ccc2c(c1)c1ccccc1n2-c1ccc(-c2cccc([Si](c3ccccc3)(c3ccccc3)c3ccccc3)c2)c(-c2nc(-c3ccccc3)nc(-c3ccccc3)n2)c1. The largest absolute Gasteiger partial charge is 0.309 e. The van der Waals surface area contributed by atoms with Crippen LogP contribution in [0.4, 0.5) is 5.69 Å². The van der Waals surface area contributed by atoms with Gasteiger partial charge in [0.2, 0.25) is 0 Å². The van der Waals surface area contributed by atoms with E-state index in [1.807, 2.05) is 72.8 Å². The van der Waals surface area contributed by atoms with Crippen molar-refractivity contribution in [3.8, 4) is 51.0 Å². The van der Waals surface area contributed by atoms with Crippen molar-refractivity contribution < 1.29 is 0 Å². The second-order valence-electron chi connectivity index (χ2n) is 15.9. The minimum absolute atomic E-state index is 0.573. The molecular formula is C58H39N5Si. The van der Waals surface area contributed by atoms with Crippen LogP contribution in [0.25, 0.3) is 77.6 Å². The van der Waals surface area contributed by atoms with Crippen LogP contribution in [0.3, 0.4) is 0 Å². The fourth-order valence-electron chi connectivity index (χ4n) is 9.33. The smallest absolute Gasteiger partial charge is 0.188 e. The van der Waals surface area contributed by atoms with Gasteiger partial charge in [0.25, 0.3) is 0 Å². The molecule has 5 nitrogen and oxygen atoms in total. The highest BCUT2D eigenvalue weighted by molar-refractivity contribution is 7.19. The van der Waals surface area contributed by atoms with Crippen LogP contribution in [0.1, 0.15) is 0 Å². The first-order valence-corrected chi connectivity index (χ1v) is 23.4. The normalized spacial score (nSPS) is 11.4. The van der Waals surface area contributed by atoms with Crippen molar-refractivity contribution in [1.29, 1.82) is 0 Å². The van der Waals surface area contributed by atoms with Crippen molar-refractivity contribution >= 4 is 56.3 Å². The summed E-state index contributed by atoms with van der Waals surface area (Å²) in [5, 5.41) is 7.32. The zero-order valence-corrected chi connectivity index (χ0v) is 35.8. The van der Waals surface area contributed by atoms with Crippen LogP contribution in [0.15, 0.2) is 237 Å². The summed E-state index contributed by atoms with van der Waals surface area (Å²) in [6.07, 6.45) is 0. The van der Waals surface area contributed by atoms with E-state index in [0.29, 0.717) is 23.2 Å². The van der Waals surface area contributed by atoms with Gasteiger partial charge < -0.3 is 4.57 Å². The van der Waals surface area contributed by atoms with Crippen molar-refractivity contribution in [2.75, 3.05) is 0 Å². The molecule has 6 heteroatoms. The third-order valence-electron chi connectivity index (χ3n) is 12.2. The molecule has 64 heavy (non-hydrogen) atoms. The van der Waals surface area contributed by atoms with E-state index in [-0.39, 0.29) is 0 Å². The molecule has 0 amide bonds. The lowest BCUT2D eigenvalue weighted by Crippen LogP contribution is -2.74.